The Kier molecular flexibility index (Phi) is 4.17. The molecular weight excluding hydrogens is 196 g/mol. The highest BCUT2D eigenvalue weighted by molar-refractivity contribution is 7.14. The molecule has 0 saturated heterocycles. The number of nitrogens with one attached hydrogen (secondary N) is 1. The Labute approximate surface area is 87.3 Å². The second-order valence-corrected chi connectivity index (χ2v) is 3.61. The number of hydrogen-bond acceptors (Lipinski definition) is 3. The van der Waals surface area contributed by atoms with Crippen molar-refractivity contribution in [2.75, 3.05) is 13.1 Å². The summed E-state index contributed by atoms with van der Waals surface area (Å²) in [5.74, 6) is 5.59. The first-order valence-corrected chi connectivity index (χ1v) is 5.16. The number of rotatable bonds is 2. The van der Waals surface area contributed by atoms with Gasteiger partial charge in [0.15, 0.2) is 0 Å². The lowest BCUT2D eigenvalue weighted by molar-refractivity contribution is 0.0960. The molecular formula is C10H12N2OS. The van der Waals surface area contributed by atoms with Gasteiger partial charge in [-0.1, -0.05) is 11.8 Å². The van der Waals surface area contributed by atoms with E-state index in [0.29, 0.717) is 18.0 Å². The molecule has 0 fully saturated rings. The van der Waals surface area contributed by atoms with E-state index in [0.717, 1.165) is 4.88 Å². The van der Waals surface area contributed by atoms with Crippen molar-refractivity contribution < 1.29 is 4.79 Å². The van der Waals surface area contributed by atoms with Gasteiger partial charge in [-0.3, -0.25) is 4.79 Å². The summed E-state index contributed by atoms with van der Waals surface area (Å²) in [7, 11) is 0. The SMILES string of the molecule is CCNC(=O)c1ccc(C#CCN)s1. The minimum Gasteiger partial charge on any atom is -0.352 e. The summed E-state index contributed by atoms with van der Waals surface area (Å²) in [6.07, 6.45) is 0. The first-order valence-electron chi connectivity index (χ1n) is 4.35. The van der Waals surface area contributed by atoms with Gasteiger partial charge in [-0.2, -0.15) is 0 Å². The van der Waals surface area contributed by atoms with Crippen LogP contribution in [0.25, 0.3) is 0 Å². The zero-order valence-electron chi connectivity index (χ0n) is 7.96. The molecule has 0 aliphatic carbocycles. The summed E-state index contributed by atoms with van der Waals surface area (Å²) in [5, 5.41) is 2.73. The summed E-state index contributed by atoms with van der Waals surface area (Å²) in [5.41, 5.74) is 5.24. The Balaban J connectivity index is 2.72. The number of hydrogen-bond donors (Lipinski definition) is 2. The van der Waals surface area contributed by atoms with Gasteiger partial charge in [-0.25, -0.2) is 0 Å². The highest BCUT2D eigenvalue weighted by Crippen LogP contribution is 2.14. The minimum absolute atomic E-state index is 0.0432. The molecule has 1 heterocycles. The van der Waals surface area contributed by atoms with Crippen LogP contribution in [0.5, 0.6) is 0 Å². The van der Waals surface area contributed by atoms with Gasteiger partial charge in [-0.05, 0) is 19.1 Å². The van der Waals surface area contributed by atoms with Crippen molar-refractivity contribution in [1.29, 1.82) is 0 Å². The Bertz CT molecular complexity index is 373. The summed E-state index contributed by atoms with van der Waals surface area (Å²) in [6.45, 7) is 2.87. The topological polar surface area (TPSA) is 55.1 Å². The van der Waals surface area contributed by atoms with E-state index in [1.54, 1.807) is 6.07 Å². The monoisotopic (exact) mass is 208 g/mol. The molecule has 0 aromatic carbocycles. The first-order chi connectivity index (χ1) is 6.77. The number of carbonyl (C=O) groups excluding carboxylic acids is 1. The van der Waals surface area contributed by atoms with Crippen molar-refractivity contribution in [2.45, 2.75) is 6.92 Å². The fourth-order valence-corrected chi connectivity index (χ4v) is 1.71. The van der Waals surface area contributed by atoms with Gasteiger partial charge in [0, 0.05) is 6.54 Å². The maximum atomic E-state index is 11.4. The van der Waals surface area contributed by atoms with E-state index in [1.807, 2.05) is 13.0 Å². The molecule has 0 radical (unpaired) electrons. The molecule has 3 nitrogen and oxygen atoms in total. The summed E-state index contributed by atoms with van der Waals surface area (Å²) >= 11 is 1.38. The minimum atomic E-state index is -0.0432. The van der Waals surface area contributed by atoms with Crippen LogP contribution in [0.1, 0.15) is 21.5 Å². The number of nitrogens with two attached hydrogens (primary N) is 1. The maximum absolute atomic E-state index is 11.4. The van der Waals surface area contributed by atoms with Gasteiger partial charge in [-0.15, -0.1) is 11.3 Å². The third kappa shape index (κ3) is 2.87. The first kappa shape index (κ1) is 10.8. The van der Waals surface area contributed by atoms with Crippen LogP contribution in [-0.4, -0.2) is 19.0 Å². The molecule has 0 aliphatic rings. The van der Waals surface area contributed by atoms with Crippen LogP contribution in [0.2, 0.25) is 0 Å². The second kappa shape index (κ2) is 5.43. The third-order valence-corrected chi connectivity index (χ3v) is 2.48. The molecule has 0 aliphatic heterocycles. The molecule has 3 N–H and O–H groups in total. The normalized spacial score (nSPS) is 9.00. The number of thiophene rings is 1. The Morgan fingerprint density at radius 1 is 1.64 bits per heavy atom. The van der Waals surface area contributed by atoms with Crippen molar-refractivity contribution in [2.24, 2.45) is 5.73 Å². The lowest BCUT2D eigenvalue weighted by Crippen LogP contribution is -2.21. The predicted molar refractivity (Wildman–Crippen MR) is 58.3 cm³/mol. The average molecular weight is 208 g/mol. The maximum Gasteiger partial charge on any atom is 0.261 e. The molecule has 0 saturated carbocycles. The molecule has 14 heavy (non-hydrogen) atoms. The molecule has 4 heteroatoms. The number of amides is 1. The van der Waals surface area contributed by atoms with E-state index in [-0.39, 0.29) is 5.91 Å². The molecule has 0 unspecified atom stereocenters. The largest absolute Gasteiger partial charge is 0.352 e. The highest BCUT2D eigenvalue weighted by Gasteiger charge is 2.06. The molecule has 0 atom stereocenters. The molecule has 1 aromatic rings. The van der Waals surface area contributed by atoms with Gasteiger partial charge in [0.05, 0.1) is 16.3 Å². The second-order valence-electron chi connectivity index (χ2n) is 2.53. The molecule has 74 valence electrons. The highest BCUT2D eigenvalue weighted by atomic mass is 32.1. The van der Waals surface area contributed by atoms with Crippen molar-refractivity contribution >= 4 is 17.2 Å². The van der Waals surface area contributed by atoms with E-state index in [1.165, 1.54) is 11.3 Å². The van der Waals surface area contributed by atoms with E-state index in [9.17, 15) is 4.79 Å². The quantitative estimate of drug-likeness (QED) is 0.707. The number of carbonyl (C=O) groups is 1. The Morgan fingerprint density at radius 2 is 2.43 bits per heavy atom. The van der Waals surface area contributed by atoms with Gasteiger partial charge in [0.1, 0.15) is 0 Å². The van der Waals surface area contributed by atoms with Crippen molar-refractivity contribution in [3.8, 4) is 11.8 Å². The lowest BCUT2D eigenvalue weighted by atomic mass is 10.4. The smallest absolute Gasteiger partial charge is 0.261 e. The third-order valence-electron chi connectivity index (χ3n) is 1.48. The zero-order chi connectivity index (χ0) is 10.4. The van der Waals surface area contributed by atoms with Crippen LogP contribution in [0.4, 0.5) is 0 Å². The van der Waals surface area contributed by atoms with Crippen LogP contribution in [-0.2, 0) is 0 Å². The standard InChI is InChI=1S/C10H12N2OS/c1-2-12-10(13)9-6-5-8(14-9)4-3-7-11/h5-6H,2,7,11H2,1H3,(H,12,13). The van der Waals surface area contributed by atoms with Gasteiger partial charge >= 0.3 is 0 Å². The van der Waals surface area contributed by atoms with Crippen molar-refractivity contribution in [3.05, 3.63) is 21.9 Å². The molecule has 1 rings (SSSR count). The van der Waals surface area contributed by atoms with Crippen LogP contribution in [0.15, 0.2) is 12.1 Å². The Morgan fingerprint density at radius 3 is 3.07 bits per heavy atom. The summed E-state index contributed by atoms with van der Waals surface area (Å²) in [4.78, 5) is 12.9. The van der Waals surface area contributed by atoms with Crippen molar-refractivity contribution in [3.63, 3.8) is 0 Å². The Hall–Kier alpha value is -1.31. The van der Waals surface area contributed by atoms with Crippen LogP contribution in [0.3, 0.4) is 0 Å². The van der Waals surface area contributed by atoms with Crippen LogP contribution in [0, 0.1) is 11.8 Å². The van der Waals surface area contributed by atoms with E-state index in [2.05, 4.69) is 17.2 Å². The summed E-state index contributed by atoms with van der Waals surface area (Å²) in [6, 6.07) is 3.61. The van der Waals surface area contributed by atoms with E-state index in [4.69, 9.17) is 5.73 Å². The van der Waals surface area contributed by atoms with E-state index >= 15 is 0 Å². The fraction of sp³-hybridized carbons (Fsp3) is 0.300. The summed E-state index contributed by atoms with van der Waals surface area (Å²) < 4.78 is 0. The van der Waals surface area contributed by atoms with Crippen LogP contribution >= 0.6 is 11.3 Å². The molecule has 1 aromatic heterocycles. The zero-order valence-corrected chi connectivity index (χ0v) is 8.78. The predicted octanol–water partition coefficient (Wildman–Crippen LogP) is 0.808. The van der Waals surface area contributed by atoms with Gasteiger partial charge < -0.3 is 11.1 Å². The average Bonchev–Trinajstić information content (AvgIpc) is 2.63. The van der Waals surface area contributed by atoms with Gasteiger partial charge in [0.2, 0.25) is 0 Å². The molecule has 1 amide bonds. The van der Waals surface area contributed by atoms with Crippen LogP contribution < -0.4 is 11.1 Å². The van der Waals surface area contributed by atoms with E-state index < -0.39 is 0 Å². The molecule has 0 spiro atoms. The fourth-order valence-electron chi connectivity index (χ4n) is 0.913. The molecule has 0 bridgehead atoms. The lowest BCUT2D eigenvalue weighted by Gasteiger charge is -1.96. The van der Waals surface area contributed by atoms with Crippen molar-refractivity contribution in [1.82, 2.24) is 5.32 Å². The van der Waals surface area contributed by atoms with Gasteiger partial charge in [0.25, 0.3) is 5.91 Å².